The summed E-state index contributed by atoms with van der Waals surface area (Å²) in [6, 6.07) is 12.0. The number of methoxy groups -OCH3 is 1. The standard InChI is InChI=1S/C22H23FN2O3/c1-16(26)18-7-9-20(19(23)15-18)24-11-13-25(14-12-24)22(27)10-8-17-5-3-4-6-21(17)28-2/h3-10,15H,11-14H2,1-2H3/b10-8+. The Hall–Kier alpha value is -3.15. The zero-order chi connectivity index (χ0) is 20.1. The van der Waals surface area contributed by atoms with Crippen LogP contribution in [0.3, 0.4) is 0 Å². The van der Waals surface area contributed by atoms with E-state index in [1.807, 2.05) is 29.2 Å². The first-order chi connectivity index (χ1) is 13.5. The number of hydrogen-bond acceptors (Lipinski definition) is 4. The fourth-order valence-corrected chi connectivity index (χ4v) is 3.22. The van der Waals surface area contributed by atoms with Crippen LogP contribution in [-0.2, 0) is 4.79 Å². The zero-order valence-corrected chi connectivity index (χ0v) is 16.0. The number of nitrogens with zero attached hydrogens (tertiary/aromatic N) is 2. The van der Waals surface area contributed by atoms with Gasteiger partial charge in [0.05, 0.1) is 12.8 Å². The van der Waals surface area contributed by atoms with Gasteiger partial charge in [-0.05, 0) is 37.3 Å². The Balaban J connectivity index is 1.61. The number of amides is 1. The lowest BCUT2D eigenvalue weighted by atomic mass is 10.1. The van der Waals surface area contributed by atoms with Crippen LogP contribution in [0.1, 0.15) is 22.8 Å². The number of Topliss-reactive ketones (excluding diaryl/α,β-unsaturated/α-hetero) is 1. The molecule has 2 aromatic rings. The van der Waals surface area contributed by atoms with E-state index in [9.17, 15) is 14.0 Å². The van der Waals surface area contributed by atoms with Crippen LogP contribution in [-0.4, -0.2) is 49.9 Å². The molecule has 0 bridgehead atoms. The topological polar surface area (TPSA) is 49.9 Å². The normalized spacial score (nSPS) is 14.4. The van der Waals surface area contributed by atoms with Crippen LogP contribution in [0, 0.1) is 5.82 Å². The van der Waals surface area contributed by atoms with Crippen LogP contribution in [0.4, 0.5) is 10.1 Å². The summed E-state index contributed by atoms with van der Waals surface area (Å²) in [6.45, 7) is 3.48. The maximum absolute atomic E-state index is 14.3. The summed E-state index contributed by atoms with van der Waals surface area (Å²) in [5, 5.41) is 0. The molecule has 0 spiro atoms. The number of ketones is 1. The Morgan fingerprint density at radius 3 is 2.43 bits per heavy atom. The lowest BCUT2D eigenvalue weighted by Crippen LogP contribution is -2.48. The second-order valence-corrected chi connectivity index (χ2v) is 6.61. The van der Waals surface area contributed by atoms with E-state index in [4.69, 9.17) is 4.74 Å². The van der Waals surface area contributed by atoms with Crippen molar-refractivity contribution in [3.05, 3.63) is 65.5 Å². The van der Waals surface area contributed by atoms with Crippen molar-refractivity contribution in [2.75, 3.05) is 38.2 Å². The van der Waals surface area contributed by atoms with Gasteiger partial charge in [-0.15, -0.1) is 0 Å². The summed E-state index contributed by atoms with van der Waals surface area (Å²) in [7, 11) is 1.59. The van der Waals surface area contributed by atoms with Gasteiger partial charge in [-0.3, -0.25) is 9.59 Å². The van der Waals surface area contributed by atoms with Gasteiger partial charge in [0, 0.05) is 43.4 Å². The van der Waals surface area contributed by atoms with Crippen LogP contribution in [0.25, 0.3) is 6.08 Å². The van der Waals surface area contributed by atoms with Crippen molar-refractivity contribution < 1.29 is 18.7 Å². The van der Waals surface area contributed by atoms with E-state index in [0.717, 1.165) is 5.56 Å². The summed E-state index contributed by atoms with van der Waals surface area (Å²) in [5.74, 6) is 0.0463. The van der Waals surface area contributed by atoms with E-state index in [0.29, 0.717) is 43.2 Å². The molecule has 1 aliphatic rings. The fraction of sp³-hybridized carbons (Fsp3) is 0.273. The van der Waals surface area contributed by atoms with Crippen molar-refractivity contribution >= 4 is 23.5 Å². The molecule has 1 saturated heterocycles. The van der Waals surface area contributed by atoms with Gasteiger partial charge < -0.3 is 14.5 Å². The first-order valence-electron chi connectivity index (χ1n) is 9.15. The van der Waals surface area contributed by atoms with Gasteiger partial charge in [0.2, 0.25) is 5.91 Å². The van der Waals surface area contributed by atoms with Crippen molar-refractivity contribution in [1.29, 1.82) is 0 Å². The average molecular weight is 382 g/mol. The Bertz CT molecular complexity index is 902. The molecular formula is C22H23FN2O3. The highest BCUT2D eigenvalue weighted by molar-refractivity contribution is 5.94. The van der Waals surface area contributed by atoms with Gasteiger partial charge in [-0.1, -0.05) is 18.2 Å². The highest BCUT2D eigenvalue weighted by Gasteiger charge is 2.22. The Morgan fingerprint density at radius 2 is 1.79 bits per heavy atom. The molecule has 1 heterocycles. The number of halogens is 1. The molecule has 0 saturated carbocycles. The van der Waals surface area contributed by atoms with Gasteiger partial charge in [0.15, 0.2) is 5.78 Å². The summed E-state index contributed by atoms with van der Waals surface area (Å²) in [4.78, 5) is 27.5. The minimum Gasteiger partial charge on any atom is -0.496 e. The smallest absolute Gasteiger partial charge is 0.246 e. The SMILES string of the molecule is COc1ccccc1/C=C/C(=O)N1CCN(c2ccc(C(C)=O)cc2F)CC1. The van der Waals surface area contributed by atoms with Gasteiger partial charge in [-0.25, -0.2) is 4.39 Å². The van der Waals surface area contributed by atoms with Crippen molar-refractivity contribution in [1.82, 2.24) is 4.90 Å². The molecule has 5 nitrogen and oxygen atoms in total. The lowest BCUT2D eigenvalue weighted by Gasteiger charge is -2.35. The number of ether oxygens (including phenoxy) is 1. The molecule has 6 heteroatoms. The molecule has 1 fully saturated rings. The number of anilines is 1. The van der Waals surface area contributed by atoms with Crippen molar-refractivity contribution in [3.8, 4) is 5.75 Å². The molecule has 0 radical (unpaired) electrons. The molecular weight excluding hydrogens is 359 g/mol. The second kappa shape index (κ2) is 8.69. The number of hydrogen-bond donors (Lipinski definition) is 0. The third-order valence-corrected chi connectivity index (χ3v) is 4.83. The van der Waals surface area contributed by atoms with E-state index >= 15 is 0 Å². The summed E-state index contributed by atoms with van der Waals surface area (Å²) in [6.07, 6.45) is 3.28. The first kappa shape index (κ1) is 19.6. The fourth-order valence-electron chi connectivity index (χ4n) is 3.22. The monoisotopic (exact) mass is 382 g/mol. The maximum atomic E-state index is 14.3. The summed E-state index contributed by atoms with van der Waals surface area (Å²) in [5.41, 5.74) is 1.66. The number of carbonyl (C=O) groups is 2. The molecule has 1 amide bonds. The van der Waals surface area contributed by atoms with Gasteiger partial charge in [0.25, 0.3) is 0 Å². The van der Waals surface area contributed by atoms with Crippen LogP contribution in [0.15, 0.2) is 48.5 Å². The van der Waals surface area contributed by atoms with Gasteiger partial charge >= 0.3 is 0 Å². The number of rotatable bonds is 5. The highest BCUT2D eigenvalue weighted by Crippen LogP contribution is 2.23. The first-order valence-corrected chi connectivity index (χ1v) is 9.15. The van der Waals surface area contributed by atoms with E-state index in [1.165, 1.54) is 19.1 Å². The van der Waals surface area contributed by atoms with E-state index in [-0.39, 0.29) is 11.7 Å². The third kappa shape index (κ3) is 4.39. The minimum absolute atomic E-state index is 0.0852. The van der Waals surface area contributed by atoms with Gasteiger partial charge in [-0.2, -0.15) is 0 Å². The van der Waals surface area contributed by atoms with Crippen molar-refractivity contribution in [3.63, 3.8) is 0 Å². The van der Waals surface area contributed by atoms with Crippen molar-refractivity contribution in [2.24, 2.45) is 0 Å². The molecule has 28 heavy (non-hydrogen) atoms. The predicted molar refractivity (Wildman–Crippen MR) is 107 cm³/mol. The molecule has 0 aromatic heterocycles. The molecule has 0 aliphatic carbocycles. The summed E-state index contributed by atoms with van der Waals surface area (Å²) < 4.78 is 19.6. The number of para-hydroxylation sites is 1. The number of benzene rings is 2. The van der Waals surface area contributed by atoms with E-state index in [2.05, 4.69) is 0 Å². The molecule has 3 rings (SSSR count). The highest BCUT2D eigenvalue weighted by atomic mass is 19.1. The Morgan fingerprint density at radius 1 is 1.07 bits per heavy atom. The van der Waals surface area contributed by atoms with Crippen LogP contribution < -0.4 is 9.64 Å². The van der Waals surface area contributed by atoms with E-state index in [1.54, 1.807) is 30.2 Å². The quantitative estimate of drug-likeness (QED) is 0.588. The third-order valence-electron chi connectivity index (χ3n) is 4.83. The molecule has 146 valence electrons. The molecule has 0 N–H and O–H groups in total. The lowest BCUT2D eigenvalue weighted by molar-refractivity contribution is -0.126. The second-order valence-electron chi connectivity index (χ2n) is 6.61. The zero-order valence-electron chi connectivity index (χ0n) is 16.0. The molecule has 0 atom stereocenters. The van der Waals surface area contributed by atoms with Crippen molar-refractivity contribution in [2.45, 2.75) is 6.92 Å². The Labute approximate surface area is 164 Å². The summed E-state index contributed by atoms with van der Waals surface area (Å²) >= 11 is 0. The van der Waals surface area contributed by atoms with Crippen LogP contribution >= 0.6 is 0 Å². The maximum Gasteiger partial charge on any atom is 0.246 e. The molecule has 0 unspecified atom stereocenters. The van der Waals surface area contributed by atoms with Crippen LogP contribution in [0.5, 0.6) is 5.75 Å². The van der Waals surface area contributed by atoms with Crippen LogP contribution in [0.2, 0.25) is 0 Å². The average Bonchev–Trinajstić information content (AvgIpc) is 2.72. The van der Waals surface area contributed by atoms with E-state index < -0.39 is 5.82 Å². The molecule has 1 aliphatic heterocycles. The Kier molecular flexibility index (Phi) is 6.09. The predicted octanol–water partition coefficient (Wildman–Crippen LogP) is 3.40. The number of piperazine rings is 1. The molecule has 2 aromatic carbocycles. The number of carbonyl (C=O) groups excluding carboxylic acids is 2. The largest absolute Gasteiger partial charge is 0.496 e. The minimum atomic E-state index is -0.413. The van der Waals surface area contributed by atoms with Gasteiger partial charge in [0.1, 0.15) is 11.6 Å².